The maximum absolute atomic E-state index is 12.1. The van der Waals surface area contributed by atoms with Gasteiger partial charge < -0.3 is 10.6 Å². The van der Waals surface area contributed by atoms with Gasteiger partial charge in [0, 0.05) is 22.9 Å². The van der Waals surface area contributed by atoms with Crippen LogP contribution in [-0.4, -0.2) is 29.4 Å². The van der Waals surface area contributed by atoms with E-state index in [0.717, 1.165) is 28.2 Å². The van der Waals surface area contributed by atoms with Crippen LogP contribution in [0.1, 0.15) is 38.3 Å². The lowest BCUT2D eigenvalue weighted by molar-refractivity contribution is -0.133. The topological polar surface area (TPSA) is 71.1 Å². The first-order chi connectivity index (χ1) is 12.2. The molecule has 0 fully saturated rings. The number of hydrogen-bond acceptors (Lipinski definition) is 4. The van der Waals surface area contributed by atoms with Gasteiger partial charge in [-0.25, -0.2) is 4.98 Å². The lowest BCUT2D eigenvalue weighted by Crippen LogP contribution is -2.48. The van der Waals surface area contributed by atoms with Crippen molar-refractivity contribution in [3.05, 3.63) is 40.2 Å². The first-order valence-electron chi connectivity index (χ1n) is 8.77. The van der Waals surface area contributed by atoms with E-state index in [9.17, 15) is 9.59 Å². The van der Waals surface area contributed by atoms with E-state index in [-0.39, 0.29) is 11.8 Å². The molecule has 0 bridgehead atoms. The van der Waals surface area contributed by atoms with Crippen LogP contribution in [0.25, 0.3) is 11.3 Å². The molecule has 0 aliphatic rings. The Morgan fingerprint density at radius 2 is 1.85 bits per heavy atom. The maximum Gasteiger partial charge on any atom is 0.242 e. The molecule has 1 aromatic carbocycles. The largest absolute Gasteiger partial charge is 0.354 e. The Balaban J connectivity index is 1.80. The van der Waals surface area contributed by atoms with Gasteiger partial charge in [0.2, 0.25) is 11.8 Å². The number of nitrogens with one attached hydrogen (secondary N) is 2. The number of carbonyl (C=O) groups is 2. The Morgan fingerprint density at radius 3 is 2.38 bits per heavy atom. The van der Waals surface area contributed by atoms with E-state index >= 15 is 0 Å². The molecule has 1 unspecified atom stereocenters. The van der Waals surface area contributed by atoms with E-state index in [2.05, 4.69) is 45.3 Å². The maximum atomic E-state index is 12.1. The Bertz CT molecular complexity index is 760. The number of rotatable bonds is 6. The molecule has 5 nitrogen and oxygen atoms in total. The lowest BCUT2D eigenvalue weighted by atomic mass is 9.95. The molecule has 2 N–H and O–H groups in total. The third-order valence-corrected chi connectivity index (χ3v) is 4.78. The lowest BCUT2D eigenvalue weighted by Gasteiger charge is -2.21. The molecule has 140 valence electrons. The highest BCUT2D eigenvalue weighted by Gasteiger charge is 2.24. The van der Waals surface area contributed by atoms with Crippen molar-refractivity contribution in [2.24, 2.45) is 5.41 Å². The number of thiazole rings is 1. The van der Waals surface area contributed by atoms with Gasteiger partial charge >= 0.3 is 0 Å². The van der Waals surface area contributed by atoms with Crippen molar-refractivity contribution in [1.29, 1.82) is 0 Å². The van der Waals surface area contributed by atoms with E-state index in [1.807, 2.05) is 27.7 Å². The summed E-state index contributed by atoms with van der Waals surface area (Å²) in [5.41, 5.74) is 2.73. The summed E-state index contributed by atoms with van der Waals surface area (Å²) in [6.07, 6.45) is 0.738. The summed E-state index contributed by atoms with van der Waals surface area (Å²) in [6.45, 7) is 9.69. The summed E-state index contributed by atoms with van der Waals surface area (Å²) in [4.78, 5) is 28.5. The fraction of sp³-hybridized carbons (Fsp3) is 0.450. The molecule has 2 rings (SSSR count). The number of hydrogen-bond donors (Lipinski definition) is 2. The van der Waals surface area contributed by atoms with Crippen molar-refractivity contribution in [2.45, 2.75) is 47.1 Å². The summed E-state index contributed by atoms with van der Waals surface area (Å²) in [6, 6.07) is 7.68. The minimum absolute atomic E-state index is 0.131. The van der Waals surface area contributed by atoms with Crippen molar-refractivity contribution in [3.63, 3.8) is 0 Å². The van der Waals surface area contributed by atoms with Crippen LogP contribution in [-0.2, 0) is 16.0 Å². The van der Waals surface area contributed by atoms with Gasteiger partial charge in [-0.1, -0.05) is 45.0 Å². The zero-order valence-corrected chi connectivity index (χ0v) is 16.9. The summed E-state index contributed by atoms with van der Waals surface area (Å²) in [5.74, 6) is -0.301. The molecular formula is C20H27N3O2S. The van der Waals surface area contributed by atoms with Crippen molar-refractivity contribution < 1.29 is 9.59 Å². The van der Waals surface area contributed by atoms with Crippen LogP contribution in [0.2, 0.25) is 0 Å². The molecule has 6 heteroatoms. The van der Waals surface area contributed by atoms with Gasteiger partial charge in [0.05, 0.1) is 10.7 Å². The van der Waals surface area contributed by atoms with Crippen LogP contribution in [0.4, 0.5) is 0 Å². The van der Waals surface area contributed by atoms with E-state index in [4.69, 9.17) is 0 Å². The molecule has 2 amide bonds. The van der Waals surface area contributed by atoms with Crippen LogP contribution in [0.15, 0.2) is 29.6 Å². The van der Waals surface area contributed by atoms with Crippen molar-refractivity contribution in [2.75, 3.05) is 6.54 Å². The van der Waals surface area contributed by atoms with Crippen molar-refractivity contribution in [1.82, 2.24) is 15.6 Å². The minimum atomic E-state index is -0.544. The molecule has 1 heterocycles. The second-order valence-corrected chi connectivity index (χ2v) is 8.50. The normalized spacial score (nSPS) is 12.5. The van der Waals surface area contributed by atoms with E-state index in [1.165, 1.54) is 0 Å². The number of aryl methyl sites for hydroxylation is 1. The predicted octanol–water partition coefficient (Wildman–Crippen LogP) is 3.33. The summed E-state index contributed by atoms with van der Waals surface area (Å²) in [7, 11) is 0. The number of carbonyl (C=O) groups excluding carboxylic acids is 2. The fourth-order valence-electron chi connectivity index (χ4n) is 2.30. The number of nitrogens with zero attached hydrogens (tertiary/aromatic N) is 1. The highest BCUT2D eigenvalue weighted by Crippen LogP contribution is 2.21. The van der Waals surface area contributed by atoms with Gasteiger partial charge in [0.1, 0.15) is 6.04 Å². The number of aromatic nitrogens is 1. The van der Waals surface area contributed by atoms with Crippen molar-refractivity contribution >= 4 is 23.2 Å². The van der Waals surface area contributed by atoms with Gasteiger partial charge in [-0.2, -0.15) is 0 Å². The second-order valence-electron chi connectivity index (χ2n) is 7.43. The number of amides is 2. The Hall–Kier alpha value is -2.21. The molecule has 1 aromatic heterocycles. The molecule has 0 aliphatic carbocycles. The molecular weight excluding hydrogens is 346 g/mol. The third kappa shape index (κ3) is 5.66. The summed E-state index contributed by atoms with van der Waals surface area (Å²) < 4.78 is 0. The van der Waals surface area contributed by atoms with Crippen LogP contribution >= 0.6 is 11.3 Å². The van der Waals surface area contributed by atoms with Gasteiger partial charge in [-0.15, -0.1) is 11.3 Å². The van der Waals surface area contributed by atoms with Gasteiger partial charge in [-0.3, -0.25) is 9.59 Å². The first kappa shape index (κ1) is 20.1. The predicted molar refractivity (Wildman–Crippen MR) is 106 cm³/mol. The Kier molecular flexibility index (Phi) is 6.53. The monoisotopic (exact) mass is 373 g/mol. The minimum Gasteiger partial charge on any atom is -0.354 e. The fourth-order valence-corrected chi connectivity index (χ4v) is 2.92. The molecule has 0 saturated carbocycles. The van der Waals surface area contributed by atoms with Gasteiger partial charge in [-0.05, 0) is 25.8 Å². The zero-order chi connectivity index (χ0) is 19.3. The molecule has 0 spiro atoms. The Labute approximate surface area is 159 Å². The average molecular weight is 374 g/mol. The standard InChI is InChI=1S/C20H27N3O2S/c1-13(22-19(25)20(3,4)5)18(24)21-11-10-15-6-8-16(9-7-15)17-12-26-14(2)23-17/h6-9,12-13H,10-11H2,1-5H3,(H,21,24)(H,22,25). The number of benzene rings is 1. The summed E-state index contributed by atoms with van der Waals surface area (Å²) >= 11 is 1.64. The summed E-state index contributed by atoms with van der Waals surface area (Å²) in [5, 5.41) is 8.72. The zero-order valence-electron chi connectivity index (χ0n) is 16.1. The first-order valence-corrected chi connectivity index (χ1v) is 9.65. The smallest absolute Gasteiger partial charge is 0.242 e. The van der Waals surface area contributed by atoms with E-state index < -0.39 is 11.5 Å². The molecule has 0 saturated heterocycles. The highest BCUT2D eigenvalue weighted by molar-refractivity contribution is 7.09. The average Bonchev–Trinajstić information content (AvgIpc) is 3.01. The quantitative estimate of drug-likeness (QED) is 0.816. The molecule has 1 atom stereocenters. The Morgan fingerprint density at radius 1 is 1.19 bits per heavy atom. The molecule has 0 aliphatic heterocycles. The molecule has 0 radical (unpaired) electrons. The molecule has 2 aromatic rings. The van der Waals surface area contributed by atoms with Crippen LogP contribution in [0, 0.1) is 12.3 Å². The van der Waals surface area contributed by atoms with E-state index in [1.54, 1.807) is 18.3 Å². The third-order valence-electron chi connectivity index (χ3n) is 4.00. The van der Waals surface area contributed by atoms with Gasteiger partial charge in [0.25, 0.3) is 0 Å². The second kappa shape index (κ2) is 8.45. The van der Waals surface area contributed by atoms with E-state index in [0.29, 0.717) is 6.54 Å². The van der Waals surface area contributed by atoms with Crippen LogP contribution in [0.3, 0.4) is 0 Å². The van der Waals surface area contributed by atoms with Crippen LogP contribution < -0.4 is 10.6 Å². The van der Waals surface area contributed by atoms with Gasteiger partial charge in [0.15, 0.2) is 0 Å². The molecule has 26 heavy (non-hydrogen) atoms. The highest BCUT2D eigenvalue weighted by atomic mass is 32.1. The van der Waals surface area contributed by atoms with Crippen LogP contribution in [0.5, 0.6) is 0 Å². The van der Waals surface area contributed by atoms with Crippen molar-refractivity contribution in [3.8, 4) is 11.3 Å². The SMILES string of the molecule is Cc1nc(-c2ccc(CCNC(=O)C(C)NC(=O)C(C)(C)C)cc2)cs1.